The first-order valence-corrected chi connectivity index (χ1v) is 4.46. The molecule has 15 heavy (non-hydrogen) atoms. The van der Waals surface area contributed by atoms with Gasteiger partial charge in [0, 0.05) is 29.7 Å². The van der Waals surface area contributed by atoms with Crippen molar-refractivity contribution < 1.29 is 9.50 Å². The van der Waals surface area contributed by atoms with Crippen LogP contribution < -0.4 is 0 Å². The minimum absolute atomic E-state index is 0.260. The van der Waals surface area contributed by atoms with Gasteiger partial charge in [0.25, 0.3) is 0 Å². The molecule has 0 spiro atoms. The van der Waals surface area contributed by atoms with Crippen LogP contribution in [0.4, 0.5) is 4.39 Å². The third kappa shape index (κ3) is 1.85. The average Bonchev–Trinajstić information content (AvgIpc) is 2.30. The summed E-state index contributed by atoms with van der Waals surface area (Å²) in [5.41, 5.74) is 1.65. The lowest BCUT2D eigenvalue weighted by molar-refractivity contribution is 0.276. The summed E-state index contributed by atoms with van der Waals surface area (Å²) < 4.78 is 13.3. The molecule has 0 fully saturated rings. The number of aromatic nitrogens is 2. The summed E-state index contributed by atoms with van der Waals surface area (Å²) in [6.07, 6.45) is 5.85. The molecule has 0 atom stereocenters. The SMILES string of the molecule is OCc1c(F)cncc1-c1ccncc1. The summed E-state index contributed by atoms with van der Waals surface area (Å²) in [5.74, 6) is -0.494. The lowest BCUT2D eigenvalue weighted by atomic mass is 10.0. The molecule has 0 unspecified atom stereocenters. The molecule has 0 aliphatic carbocycles. The number of aliphatic hydroxyl groups is 1. The van der Waals surface area contributed by atoms with Gasteiger partial charge in [-0.25, -0.2) is 4.39 Å². The number of pyridine rings is 2. The molecular formula is C11H9FN2O. The molecular weight excluding hydrogens is 195 g/mol. The monoisotopic (exact) mass is 204 g/mol. The largest absolute Gasteiger partial charge is 0.392 e. The molecule has 2 rings (SSSR count). The molecule has 0 saturated carbocycles. The van der Waals surface area contributed by atoms with Gasteiger partial charge in [0.1, 0.15) is 5.82 Å². The van der Waals surface area contributed by atoms with E-state index < -0.39 is 5.82 Å². The Bertz CT molecular complexity index is 459. The summed E-state index contributed by atoms with van der Waals surface area (Å²) in [7, 11) is 0. The number of rotatable bonds is 2. The van der Waals surface area contributed by atoms with E-state index >= 15 is 0 Å². The standard InChI is InChI=1S/C11H9FN2O/c12-11-6-14-5-9(10(11)7-15)8-1-3-13-4-2-8/h1-6,15H,7H2. The Balaban J connectivity index is 2.58. The van der Waals surface area contributed by atoms with Gasteiger partial charge in [-0.05, 0) is 17.7 Å². The van der Waals surface area contributed by atoms with Crippen LogP contribution in [0.15, 0.2) is 36.9 Å². The molecule has 2 heterocycles. The van der Waals surface area contributed by atoms with Crippen LogP contribution in [0, 0.1) is 5.82 Å². The van der Waals surface area contributed by atoms with Crippen molar-refractivity contribution in [3.8, 4) is 11.1 Å². The van der Waals surface area contributed by atoms with E-state index in [9.17, 15) is 4.39 Å². The van der Waals surface area contributed by atoms with E-state index in [-0.39, 0.29) is 12.2 Å². The topological polar surface area (TPSA) is 46.0 Å². The summed E-state index contributed by atoms with van der Waals surface area (Å²) in [4.78, 5) is 7.63. The van der Waals surface area contributed by atoms with Crippen LogP contribution in [0.2, 0.25) is 0 Å². The van der Waals surface area contributed by atoms with Crippen molar-refractivity contribution in [2.24, 2.45) is 0 Å². The van der Waals surface area contributed by atoms with E-state index in [1.807, 2.05) is 0 Å². The second-order valence-electron chi connectivity index (χ2n) is 3.04. The average molecular weight is 204 g/mol. The van der Waals surface area contributed by atoms with Crippen LogP contribution in [0.5, 0.6) is 0 Å². The minimum Gasteiger partial charge on any atom is -0.392 e. The summed E-state index contributed by atoms with van der Waals surface area (Å²) >= 11 is 0. The molecule has 0 radical (unpaired) electrons. The summed E-state index contributed by atoms with van der Waals surface area (Å²) in [6, 6.07) is 3.49. The van der Waals surface area contributed by atoms with Crippen LogP contribution in [0.25, 0.3) is 11.1 Å². The summed E-state index contributed by atoms with van der Waals surface area (Å²) in [5, 5.41) is 9.08. The molecule has 0 aromatic carbocycles. The quantitative estimate of drug-likeness (QED) is 0.810. The Morgan fingerprint density at radius 3 is 2.53 bits per heavy atom. The van der Waals surface area contributed by atoms with Gasteiger partial charge in [0.05, 0.1) is 12.8 Å². The number of halogens is 1. The Labute approximate surface area is 86.3 Å². The van der Waals surface area contributed by atoms with Crippen LogP contribution >= 0.6 is 0 Å². The van der Waals surface area contributed by atoms with E-state index in [2.05, 4.69) is 9.97 Å². The third-order valence-corrected chi connectivity index (χ3v) is 2.15. The molecule has 1 N–H and O–H groups in total. The van der Waals surface area contributed by atoms with Crippen LogP contribution in [0.3, 0.4) is 0 Å². The van der Waals surface area contributed by atoms with Gasteiger partial charge in [0.2, 0.25) is 0 Å². The number of hydrogen-bond acceptors (Lipinski definition) is 3. The van der Waals surface area contributed by atoms with Crippen LogP contribution in [-0.4, -0.2) is 15.1 Å². The summed E-state index contributed by atoms with van der Waals surface area (Å²) in [6.45, 7) is -0.341. The molecule has 0 aliphatic rings. The first kappa shape index (κ1) is 9.73. The highest BCUT2D eigenvalue weighted by Gasteiger charge is 2.09. The first-order chi connectivity index (χ1) is 7.33. The highest BCUT2D eigenvalue weighted by Crippen LogP contribution is 2.23. The molecule has 76 valence electrons. The normalized spacial score (nSPS) is 10.3. The molecule has 2 aromatic rings. The molecule has 0 aliphatic heterocycles. The fourth-order valence-corrected chi connectivity index (χ4v) is 1.40. The molecule has 0 amide bonds. The molecule has 0 bridgehead atoms. The highest BCUT2D eigenvalue weighted by molar-refractivity contribution is 5.65. The van der Waals surface area contributed by atoms with Gasteiger partial charge in [-0.15, -0.1) is 0 Å². The molecule has 4 heteroatoms. The smallest absolute Gasteiger partial charge is 0.147 e. The molecule has 0 saturated heterocycles. The van der Waals surface area contributed by atoms with E-state index in [0.717, 1.165) is 11.8 Å². The second kappa shape index (κ2) is 4.14. The van der Waals surface area contributed by atoms with Crippen molar-refractivity contribution in [3.63, 3.8) is 0 Å². The van der Waals surface area contributed by atoms with E-state index in [1.165, 1.54) is 6.20 Å². The Kier molecular flexibility index (Phi) is 2.69. The maximum Gasteiger partial charge on any atom is 0.147 e. The number of nitrogens with zero attached hydrogens (tertiary/aromatic N) is 2. The van der Waals surface area contributed by atoms with Gasteiger partial charge < -0.3 is 5.11 Å². The first-order valence-electron chi connectivity index (χ1n) is 4.46. The number of aliphatic hydroxyl groups excluding tert-OH is 1. The van der Waals surface area contributed by atoms with Crippen LogP contribution in [-0.2, 0) is 6.61 Å². The second-order valence-corrected chi connectivity index (χ2v) is 3.04. The van der Waals surface area contributed by atoms with E-state index in [4.69, 9.17) is 5.11 Å². The van der Waals surface area contributed by atoms with Gasteiger partial charge in [-0.3, -0.25) is 9.97 Å². The lowest BCUT2D eigenvalue weighted by Crippen LogP contribution is -1.95. The molecule has 3 nitrogen and oxygen atoms in total. The zero-order valence-corrected chi connectivity index (χ0v) is 7.89. The Morgan fingerprint density at radius 1 is 1.13 bits per heavy atom. The van der Waals surface area contributed by atoms with Crippen molar-refractivity contribution in [1.82, 2.24) is 9.97 Å². The van der Waals surface area contributed by atoms with Gasteiger partial charge in [0.15, 0.2) is 0 Å². The van der Waals surface area contributed by atoms with Crippen molar-refractivity contribution in [2.75, 3.05) is 0 Å². The Hall–Kier alpha value is -1.81. The van der Waals surface area contributed by atoms with Crippen molar-refractivity contribution in [3.05, 3.63) is 48.3 Å². The predicted octanol–water partition coefficient (Wildman–Crippen LogP) is 1.77. The van der Waals surface area contributed by atoms with Gasteiger partial charge in [-0.1, -0.05) is 0 Å². The van der Waals surface area contributed by atoms with E-state index in [1.54, 1.807) is 24.5 Å². The minimum atomic E-state index is -0.494. The Morgan fingerprint density at radius 2 is 1.87 bits per heavy atom. The van der Waals surface area contributed by atoms with Crippen LogP contribution in [0.1, 0.15) is 5.56 Å². The predicted molar refractivity (Wildman–Crippen MR) is 53.3 cm³/mol. The van der Waals surface area contributed by atoms with Crippen molar-refractivity contribution in [1.29, 1.82) is 0 Å². The van der Waals surface area contributed by atoms with Crippen molar-refractivity contribution >= 4 is 0 Å². The maximum atomic E-state index is 13.3. The number of hydrogen-bond donors (Lipinski definition) is 1. The third-order valence-electron chi connectivity index (χ3n) is 2.15. The van der Waals surface area contributed by atoms with Crippen molar-refractivity contribution in [2.45, 2.75) is 6.61 Å². The zero-order chi connectivity index (χ0) is 10.7. The highest BCUT2D eigenvalue weighted by atomic mass is 19.1. The maximum absolute atomic E-state index is 13.3. The molecule has 2 aromatic heterocycles. The lowest BCUT2D eigenvalue weighted by Gasteiger charge is -2.06. The van der Waals surface area contributed by atoms with E-state index in [0.29, 0.717) is 5.56 Å². The van der Waals surface area contributed by atoms with Gasteiger partial charge in [-0.2, -0.15) is 0 Å². The fraction of sp³-hybridized carbons (Fsp3) is 0.0909. The zero-order valence-electron chi connectivity index (χ0n) is 7.89. The fourth-order valence-electron chi connectivity index (χ4n) is 1.40. The van der Waals surface area contributed by atoms with Gasteiger partial charge >= 0.3 is 0 Å².